The summed E-state index contributed by atoms with van der Waals surface area (Å²) < 4.78 is 0. The highest BCUT2D eigenvalue weighted by molar-refractivity contribution is 5.86. The summed E-state index contributed by atoms with van der Waals surface area (Å²) in [7, 11) is 0. The van der Waals surface area contributed by atoms with Crippen molar-refractivity contribution in [3.63, 3.8) is 0 Å². The molecule has 2 N–H and O–H groups in total. The van der Waals surface area contributed by atoms with Crippen LogP contribution in [0.4, 0.5) is 11.5 Å². The summed E-state index contributed by atoms with van der Waals surface area (Å²) in [6.07, 6.45) is 3.30. The maximum Gasteiger partial charge on any atom is 0.269 e. The molecule has 7 nitrogen and oxygen atoms in total. The average molecular weight is 386 g/mol. The number of anilines is 1. The first-order chi connectivity index (χ1) is 14.0. The first-order valence-corrected chi connectivity index (χ1v) is 9.03. The van der Waals surface area contributed by atoms with Gasteiger partial charge < -0.3 is 10.4 Å². The number of aryl methyl sites for hydroxylation is 1. The van der Waals surface area contributed by atoms with Crippen molar-refractivity contribution in [2.24, 2.45) is 0 Å². The SMILES string of the molecule is Cc1ccnc(N[C@H](c2cccc([N+](=O)[O-])c2)c2ccc3cccnc3c2O)c1. The maximum absolute atomic E-state index is 11.3. The van der Waals surface area contributed by atoms with E-state index in [-0.39, 0.29) is 11.4 Å². The van der Waals surface area contributed by atoms with E-state index in [1.807, 2.05) is 31.2 Å². The predicted molar refractivity (Wildman–Crippen MR) is 111 cm³/mol. The molecule has 0 amide bonds. The van der Waals surface area contributed by atoms with Crippen molar-refractivity contribution in [3.8, 4) is 5.75 Å². The van der Waals surface area contributed by atoms with Gasteiger partial charge in [0, 0.05) is 35.5 Å². The molecule has 2 heterocycles. The Morgan fingerprint density at radius 1 is 1.03 bits per heavy atom. The number of rotatable bonds is 5. The number of nitrogens with one attached hydrogen (secondary N) is 1. The Morgan fingerprint density at radius 3 is 2.69 bits per heavy atom. The number of phenols is 1. The molecule has 0 spiro atoms. The molecule has 1 atom stereocenters. The van der Waals surface area contributed by atoms with Gasteiger partial charge in [-0.2, -0.15) is 0 Å². The van der Waals surface area contributed by atoms with Crippen LogP contribution in [0.5, 0.6) is 5.75 Å². The van der Waals surface area contributed by atoms with E-state index >= 15 is 0 Å². The molecule has 144 valence electrons. The predicted octanol–water partition coefficient (Wildman–Crippen LogP) is 4.75. The third kappa shape index (κ3) is 3.70. The van der Waals surface area contributed by atoms with Gasteiger partial charge in [-0.1, -0.05) is 30.3 Å². The van der Waals surface area contributed by atoms with Crippen LogP contribution in [0.3, 0.4) is 0 Å². The standard InChI is InChI=1S/C22H18N4O3/c1-14-9-11-23-19(12-14)25-20(16-4-2-6-17(13-16)26(28)29)18-8-7-15-5-3-10-24-21(15)22(18)27/h2-13,20,27H,1H3,(H,23,25)/t20-/m1/s1. The molecule has 0 saturated heterocycles. The zero-order valence-electron chi connectivity index (χ0n) is 15.6. The largest absolute Gasteiger partial charge is 0.505 e. The lowest BCUT2D eigenvalue weighted by Gasteiger charge is -2.22. The monoisotopic (exact) mass is 386 g/mol. The Balaban J connectivity index is 1.87. The molecule has 0 aliphatic rings. The lowest BCUT2D eigenvalue weighted by molar-refractivity contribution is -0.384. The minimum atomic E-state index is -0.560. The number of hydrogen-bond donors (Lipinski definition) is 2. The molecule has 2 aromatic carbocycles. The van der Waals surface area contributed by atoms with E-state index in [1.165, 1.54) is 12.1 Å². The van der Waals surface area contributed by atoms with Gasteiger partial charge in [0.05, 0.1) is 11.0 Å². The van der Waals surface area contributed by atoms with Crippen LogP contribution >= 0.6 is 0 Å². The molecule has 2 aromatic heterocycles. The van der Waals surface area contributed by atoms with Crippen LogP contribution in [0, 0.1) is 17.0 Å². The van der Waals surface area contributed by atoms with E-state index in [2.05, 4.69) is 15.3 Å². The van der Waals surface area contributed by atoms with E-state index in [4.69, 9.17) is 0 Å². The highest BCUT2D eigenvalue weighted by Crippen LogP contribution is 2.37. The maximum atomic E-state index is 11.3. The minimum absolute atomic E-state index is 0.0232. The van der Waals surface area contributed by atoms with E-state index < -0.39 is 11.0 Å². The second-order valence-corrected chi connectivity index (χ2v) is 6.73. The number of pyridine rings is 2. The van der Waals surface area contributed by atoms with E-state index in [9.17, 15) is 15.2 Å². The average Bonchev–Trinajstić information content (AvgIpc) is 2.73. The quantitative estimate of drug-likeness (QED) is 0.379. The number of nitro benzene ring substituents is 1. The van der Waals surface area contributed by atoms with Crippen molar-refractivity contribution in [1.29, 1.82) is 0 Å². The first kappa shape index (κ1) is 18.4. The van der Waals surface area contributed by atoms with Crippen molar-refractivity contribution in [2.45, 2.75) is 13.0 Å². The molecule has 0 fully saturated rings. The van der Waals surface area contributed by atoms with Crippen molar-refractivity contribution < 1.29 is 10.0 Å². The van der Waals surface area contributed by atoms with Gasteiger partial charge in [0.25, 0.3) is 5.69 Å². The number of nitro groups is 1. The Morgan fingerprint density at radius 2 is 1.90 bits per heavy atom. The van der Waals surface area contributed by atoms with Gasteiger partial charge in [-0.25, -0.2) is 4.98 Å². The summed E-state index contributed by atoms with van der Waals surface area (Å²) in [4.78, 5) is 19.5. The number of aromatic hydroxyl groups is 1. The van der Waals surface area contributed by atoms with Crippen LogP contribution in [0.25, 0.3) is 10.9 Å². The first-order valence-electron chi connectivity index (χ1n) is 9.03. The molecule has 0 aliphatic carbocycles. The second-order valence-electron chi connectivity index (χ2n) is 6.73. The normalized spacial score (nSPS) is 11.9. The Kier molecular flexibility index (Phi) is 4.78. The third-order valence-corrected chi connectivity index (χ3v) is 4.71. The smallest absolute Gasteiger partial charge is 0.269 e. The van der Waals surface area contributed by atoms with Crippen molar-refractivity contribution in [2.75, 3.05) is 5.32 Å². The molecule has 7 heteroatoms. The Hall–Kier alpha value is -4.00. The Bertz CT molecular complexity index is 1210. The fourth-order valence-electron chi connectivity index (χ4n) is 3.30. The van der Waals surface area contributed by atoms with Crippen LogP contribution in [0.1, 0.15) is 22.7 Å². The van der Waals surface area contributed by atoms with Gasteiger partial charge in [0.15, 0.2) is 0 Å². The molecular formula is C22H18N4O3. The van der Waals surface area contributed by atoms with Gasteiger partial charge >= 0.3 is 0 Å². The summed E-state index contributed by atoms with van der Waals surface area (Å²) in [5.41, 5.74) is 2.65. The number of benzene rings is 2. The molecule has 0 bridgehead atoms. The zero-order chi connectivity index (χ0) is 20.4. The highest BCUT2D eigenvalue weighted by atomic mass is 16.6. The lowest BCUT2D eigenvalue weighted by Crippen LogP contribution is -2.14. The number of aromatic nitrogens is 2. The topological polar surface area (TPSA) is 101 Å². The summed E-state index contributed by atoms with van der Waals surface area (Å²) in [6, 6.07) is 16.9. The van der Waals surface area contributed by atoms with Gasteiger partial charge in [0.1, 0.15) is 17.1 Å². The molecule has 0 saturated carbocycles. The van der Waals surface area contributed by atoms with Gasteiger partial charge in [0.2, 0.25) is 0 Å². The van der Waals surface area contributed by atoms with Crippen molar-refractivity contribution in [1.82, 2.24) is 9.97 Å². The van der Waals surface area contributed by atoms with Crippen molar-refractivity contribution >= 4 is 22.4 Å². The van der Waals surface area contributed by atoms with E-state index in [0.29, 0.717) is 22.5 Å². The van der Waals surface area contributed by atoms with Crippen LogP contribution in [-0.4, -0.2) is 20.0 Å². The van der Waals surface area contributed by atoms with Crippen LogP contribution in [0.15, 0.2) is 73.1 Å². The fraction of sp³-hybridized carbons (Fsp3) is 0.0909. The molecule has 4 rings (SSSR count). The van der Waals surface area contributed by atoms with Crippen LogP contribution in [-0.2, 0) is 0 Å². The number of nitrogens with zero attached hydrogens (tertiary/aromatic N) is 3. The van der Waals surface area contributed by atoms with E-state index in [0.717, 1.165) is 10.9 Å². The molecule has 0 aliphatic heterocycles. The van der Waals surface area contributed by atoms with Crippen LogP contribution < -0.4 is 5.32 Å². The lowest BCUT2D eigenvalue weighted by atomic mass is 9.96. The highest BCUT2D eigenvalue weighted by Gasteiger charge is 2.22. The van der Waals surface area contributed by atoms with Crippen molar-refractivity contribution in [3.05, 3.63) is 99.9 Å². The molecule has 29 heavy (non-hydrogen) atoms. The summed E-state index contributed by atoms with van der Waals surface area (Å²) in [5, 5.41) is 26.3. The number of phenolic OH excluding ortho intramolecular Hbond substituents is 1. The number of non-ortho nitro benzene ring substituents is 1. The fourth-order valence-corrected chi connectivity index (χ4v) is 3.30. The molecule has 4 aromatic rings. The summed E-state index contributed by atoms with van der Waals surface area (Å²) in [5.74, 6) is 0.627. The Labute approximate surface area is 166 Å². The van der Waals surface area contributed by atoms with Gasteiger partial charge in [-0.3, -0.25) is 15.1 Å². The minimum Gasteiger partial charge on any atom is -0.505 e. The molecular weight excluding hydrogens is 368 g/mol. The summed E-state index contributed by atoms with van der Waals surface area (Å²) in [6.45, 7) is 1.95. The molecule has 0 radical (unpaired) electrons. The van der Waals surface area contributed by atoms with Crippen LogP contribution in [0.2, 0.25) is 0 Å². The second kappa shape index (κ2) is 7.55. The number of hydrogen-bond acceptors (Lipinski definition) is 6. The number of fused-ring (bicyclic) bond motifs is 1. The van der Waals surface area contributed by atoms with E-state index in [1.54, 1.807) is 36.7 Å². The van der Waals surface area contributed by atoms with Gasteiger partial charge in [-0.15, -0.1) is 0 Å². The zero-order valence-corrected chi connectivity index (χ0v) is 15.6. The molecule has 0 unspecified atom stereocenters. The van der Waals surface area contributed by atoms with Gasteiger partial charge in [-0.05, 0) is 36.2 Å². The summed E-state index contributed by atoms with van der Waals surface area (Å²) >= 11 is 0. The third-order valence-electron chi connectivity index (χ3n) is 4.71.